The van der Waals surface area contributed by atoms with Crippen LogP contribution in [0.25, 0.3) is 0 Å². The fourth-order valence-electron chi connectivity index (χ4n) is 2.15. The molecule has 0 spiro atoms. The number of hydrazine groups is 1. The van der Waals surface area contributed by atoms with Crippen molar-refractivity contribution in [1.29, 1.82) is 0 Å². The van der Waals surface area contributed by atoms with Gasteiger partial charge in [0.15, 0.2) is 0 Å². The van der Waals surface area contributed by atoms with Crippen molar-refractivity contribution in [2.45, 2.75) is 12.5 Å². The number of thioether (sulfide) groups is 1. The summed E-state index contributed by atoms with van der Waals surface area (Å²) in [5.74, 6) is 3.31. The van der Waals surface area contributed by atoms with Gasteiger partial charge < -0.3 is 10.5 Å². The summed E-state index contributed by atoms with van der Waals surface area (Å²) in [6, 6.07) is 0.457. The van der Waals surface area contributed by atoms with Crippen molar-refractivity contribution < 1.29 is 4.74 Å². The Hall–Kier alpha value is 0.190. The smallest absolute Gasteiger partial charge is 0.0608 e. The first kappa shape index (κ1) is 11.7. The minimum Gasteiger partial charge on any atom is -0.379 e. The number of morpholine rings is 1. The van der Waals surface area contributed by atoms with Crippen molar-refractivity contribution >= 4 is 11.8 Å². The molecule has 3 N–H and O–H groups in total. The second kappa shape index (κ2) is 6.06. The standard InChI is InChI=1S/C10H21N3OS/c11-7-10(9-1-6-15-8-9)12-13-2-4-14-5-3-13/h9-10,12H,1-8,11H2. The van der Waals surface area contributed by atoms with Crippen LogP contribution in [-0.4, -0.2) is 55.4 Å². The Morgan fingerprint density at radius 1 is 1.47 bits per heavy atom. The van der Waals surface area contributed by atoms with Gasteiger partial charge in [-0.25, -0.2) is 5.01 Å². The van der Waals surface area contributed by atoms with Gasteiger partial charge in [-0.3, -0.25) is 5.43 Å². The molecule has 0 bridgehead atoms. The Labute approximate surface area is 95.9 Å². The fourth-order valence-corrected chi connectivity index (χ4v) is 3.49. The van der Waals surface area contributed by atoms with E-state index in [1.165, 1.54) is 17.9 Å². The molecule has 0 amide bonds. The van der Waals surface area contributed by atoms with Crippen LogP contribution in [0, 0.1) is 5.92 Å². The van der Waals surface area contributed by atoms with E-state index in [1.54, 1.807) is 0 Å². The Bertz CT molecular complexity index is 182. The molecule has 2 rings (SSSR count). The summed E-state index contributed by atoms with van der Waals surface area (Å²) in [6.45, 7) is 4.38. The van der Waals surface area contributed by atoms with Crippen molar-refractivity contribution in [2.24, 2.45) is 11.7 Å². The molecular formula is C10H21N3OS. The molecule has 5 heteroatoms. The van der Waals surface area contributed by atoms with Gasteiger partial charge in [-0.05, 0) is 23.8 Å². The summed E-state index contributed by atoms with van der Waals surface area (Å²) >= 11 is 2.05. The van der Waals surface area contributed by atoms with Crippen LogP contribution in [0.1, 0.15) is 6.42 Å². The first-order valence-electron chi connectivity index (χ1n) is 5.77. The summed E-state index contributed by atoms with van der Waals surface area (Å²) in [5, 5.41) is 2.27. The minimum atomic E-state index is 0.457. The van der Waals surface area contributed by atoms with Crippen molar-refractivity contribution in [1.82, 2.24) is 10.4 Å². The van der Waals surface area contributed by atoms with E-state index in [-0.39, 0.29) is 0 Å². The van der Waals surface area contributed by atoms with Crippen molar-refractivity contribution in [3.63, 3.8) is 0 Å². The van der Waals surface area contributed by atoms with E-state index in [0.29, 0.717) is 6.04 Å². The second-order valence-corrected chi connectivity index (χ2v) is 5.34. The molecule has 2 aliphatic rings. The summed E-state index contributed by atoms with van der Waals surface area (Å²) in [6.07, 6.45) is 1.31. The zero-order chi connectivity index (χ0) is 10.5. The van der Waals surface area contributed by atoms with E-state index in [1.807, 2.05) is 11.8 Å². The van der Waals surface area contributed by atoms with E-state index >= 15 is 0 Å². The van der Waals surface area contributed by atoms with E-state index in [0.717, 1.165) is 38.8 Å². The van der Waals surface area contributed by atoms with E-state index < -0.39 is 0 Å². The number of rotatable bonds is 4. The lowest BCUT2D eigenvalue weighted by atomic mass is 10.00. The summed E-state index contributed by atoms with van der Waals surface area (Å²) in [5.41, 5.74) is 9.40. The van der Waals surface area contributed by atoms with Gasteiger partial charge in [0.1, 0.15) is 0 Å². The molecule has 0 aliphatic carbocycles. The molecule has 2 unspecified atom stereocenters. The van der Waals surface area contributed by atoms with Crippen LogP contribution < -0.4 is 11.2 Å². The normalized spacial score (nSPS) is 30.6. The molecule has 88 valence electrons. The summed E-state index contributed by atoms with van der Waals surface area (Å²) in [7, 11) is 0. The third-order valence-electron chi connectivity index (χ3n) is 3.15. The Balaban J connectivity index is 1.78. The monoisotopic (exact) mass is 231 g/mol. The van der Waals surface area contributed by atoms with Crippen molar-refractivity contribution in [3.05, 3.63) is 0 Å². The maximum Gasteiger partial charge on any atom is 0.0608 e. The highest BCUT2D eigenvalue weighted by molar-refractivity contribution is 7.99. The highest BCUT2D eigenvalue weighted by atomic mass is 32.2. The van der Waals surface area contributed by atoms with Gasteiger partial charge in [-0.15, -0.1) is 0 Å². The SMILES string of the molecule is NCC(NN1CCOCC1)C1CCSC1. The Morgan fingerprint density at radius 3 is 2.87 bits per heavy atom. The maximum absolute atomic E-state index is 5.84. The molecule has 0 saturated carbocycles. The van der Waals surface area contributed by atoms with Gasteiger partial charge in [-0.2, -0.15) is 11.8 Å². The quantitative estimate of drug-likeness (QED) is 0.708. The highest BCUT2D eigenvalue weighted by Crippen LogP contribution is 2.26. The molecule has 0 aromatic heterocycles. The molecule has 0 radical (unpaired) electrons. The van der Waals surface area contributed by atoms with Gasteiger partial charge in [0.2, 0.25) is 0 Å². The van der Waals surface area contributed by atoms with Crippen molar-refractivity contribution in [2.75, 3.05) is 44.4 Å². The Kier molecular flexibility index (Phi) is 4.71. The van der Waals surface area contributed by atoms with E-state index in [9.17, 15) is 0 Å². The second-order valence-electron chi connectivity index (χ2n) is 4.19. The summed E-state index contributed by atoms with van der Waals surface area (Å²) < 4.78 is 5.32. The molecule has 2 atom stereocenters. The molecule has 0 aromatic rings. The number of hydrogen-bond donors (Lipinski definition) is 2. The highest BCUT2D eigenvalue weighted by Gasteiger charge is 2.26. The topological polar surface area (TPSA) is 50.5 Å². The first-order chi connectivity index (χ1) is 7.40. The number of hydrogen-bond acceptors (Lipinski definition) is 5. The van der Waals surface area contributed by atoms with Gasteiger partial charge in [-0.1, -0.05) is 0 Å². The van der Waals surface area contributed by atoms with Gasteiger partial charge in [0.25, 0.3) is 0 Å². The lowest BCUT2D eigenvalue weighted by Crippen LogP contribution is -2.54. The van der Waals surface area contributed by atoms with E-state index in [2.05, 4.69) is 10.4 Å². The van der Waals surface area contributed by atoms with Gasteiger partial charge >= 0.3 is 0 Å². The largest absolute Gasteiger partial charge is 0.379 e. The Morgan fingerprint density at radius 2 is 2.27 bits per heavy atom. The molecule has 15 heavy (non-hydrogen) atoms. The molecule has 2 aliphatic heterocycles. The summed E-state index contributed by atoms with van der Waals surface area (Å²) in [4.78, 5) is 0. The number of nitrogens with one attached hydrogen (secondary N) is 1. The van der Waals surface area contributed by atoms with Crippen LogP contribution in [-0.2, 0) is 4.74 Å². The average Bonchev–Trinajstić information content (AvgIpc) is 2.81. The minimum absolute atomic E-state index is 0.457. The molecule has 2 saturated heterocycles. The van der Waals surface area contributed by atoms with E-state index in [4.69, 9.17) is 10.5 Å². The predicted molar refractivity (Wildman–Crippen MR) is 63.8 cm³/mol. The molecule has 2 fully saturated rings. The third-order valence-corrected chi connectivity index (χ3v) is 4.34. The number of ether oxygens (including phenoxy) is 1. The zero-order valence-electron chi connectivity index (χ0n) is 9.15. The van der Waals surface area contributed by atoms with Crippen LogP contribution in [0.4, 0.5) is 0 Å². The fraction of sp³-hybridized carbons (Fsp3) is 1.00. The van der Waals surface area contributed by atoms with Crippen LogP contribution in [0.3, 0.4) is 0 Å². The first-order valence-corrected chi connectivity index (χ1v) is 6.92. The number of nitrogens with two attached hydrogens (primary N) is 1. The van der Waals surface area contributed by atoms with Gasteiger partial charge in [0.05, 0.1) is 13.2 Å². The molecule has 4 nitrogen and oxygen atoms in total. The molecule has 2 heterocycles. The van der Waals surface area contributed by atoms with Crippen LogP contribution in [0.2, 0.25) is 0 Å². The lowest BCUT2D eigenvalue weighted by molar-refractivity contribution is -0.0000801. The molecule has 0 aromatic carbocycles. The maximum atomic E-state index is 5.84. The average molecular weight is 231 g/mol. The van der Waals surface area contributed by atoms with Gasteiger partial charge in [0, 0.05) is 25.7 Å². The van der Waals surface area contributed by atoms with Crippen LogP contribution in [0.15, 0.2) is 0 Å². The zero-order valence-corrected chi connectivity index (χ0v) is 9.97. The number of nitrogens with zero attached hydrogens (tertiary/aromatic N) is 1. The lowest BCUT2D eigenvalue weighted by Gasteiger charge is -2.33. The molecular weight excluding hydrogens is 210 g/mol. The third kappa shape index (κ3) is 3.32. The van der Waals surface area contributed by atoms with Crippen molar-refractivity contribution in [3.8, 4) is 0 Å². The predicted octanol–water partition coefficient (Wildman–Crippen LogP) is -0.0964. The van der Waals surface area contributed by atoms with Crippen LogP contribution in [0.5, 0.6) is 0 Å². The van der Waals surface area contributed by atoms with Crippen LogP contribution >= 0.6 is 11.8 Å².